The van der Waals surface area contributed by atoms with Crippen molar-refractivity contribution in [2.45, 2.75) is 28.7 Å². The van der Waals surface area contributed by atoms with Crippen molar-refractivity contribution in [1.82, 2.24) is 24.1 Å². The standard InChI is InChI=1S/C23H29N5O7S2/c1-25-14-16-26(17-15-25)28(36(32,33)18-8-3-2-4-9-18)20(22(29)24-31)11-7-13-27-23(30)19-10-5-6-12-21(19)37(27,34)35/h2-6,8-10,12,20,31H,7,11,13-17H2,1H3,(H,24,29)/t20-/m1/s1. The lowest BCUT2D eigenvalue weighted by molar-refractivity contribution is -0.139. The van der Waals surface area contributed by atoms with E-state index in [1.54, 1.807) is 34.8 Å². The maximum atomic E-state index is 13.7. The quantitative estimate of drug-likeness (QED) is 0.332. The third-order valence-electron chi connectivity index (χ3n) is 6.48. The van der Waals surface area contributed by atoms with Crippen LogP contribution in [0, 0.1) is 0 Å². The lowest BCUT2D eigenvalue weighted by Gasteiger charge is -2.42. The van der Waals surface area contributed by atoms with Crippen molar-refractivity contribution in [3.63, 3.8) is 0 Å². The van der Waals surface area contributed by atoms with Gasteiger partial charge in [0.05, 0.1) is 10.5 Å². The summed E-state index contributed by atoms with van der Waals surface area (Å²) in [4.78, 5) is 27.5. The molecule has 0 aromatic heterocycles. The number of rotatable bonds is 9. The van der Waals surface area contributed by atoms with Crippen LogP contribution in [0.25, 0.3) is 0 Å². The van der Waals surface area contributed by atoms with Gasteiger partial charge in [-0.15, -0.1) is 4.41 Å². The zero-order chi connectivity index (χ0) is 26.8. The summed E-state index contributed by atoms with van der Waals surface area (Å²) in [5, 5.41) is 11.0. The molecule has 14 heteroatoms. The second-order valence-electron chi connectivity index (χ2n) is 8.86. The predicted octanol–water partition coefficient (Wildman–Crippen LogP) is 0.339. The number of carbonyl (C=O) groups excluding carboxylic acids is 2. The molecule has 0 bridgehead atoms. The molecule has 2 amide bonds. The lowest BCUT2D eigenvalue weighted by Crippen LogP contribution is -2.61. The van der Waals surface area contributed by atoms with Crippen LogP contribution in [0.3, 0.4) is 0 Å². The van der Waals surface area contributed by atoms with E-state index in [-0.39, 0.29) is 34.7 Å². The largest absolute Gasteiger partial charge is 0.304 e. The first-order valence-corrected chi connectivity index (χ1v) is 14.6. The van der Waals surface area contributed by atoms with E-state index in [4.69, 9.17) is 0 Å². The Morgan fingerprint density at radius 2 is 1.68 bits per heavy atom. The molecular formula is C23H29N5O7S2. The van der Waals surface area contributed by atoms with E-state index in [0.29, 0.717) is 26.2 Å². The molecule has 2 heterocycles. The molecule has 0 radical (unpaired) electrons. The highest BCUT2D eigenvalue weighted by Gasteiger charge is 2.43. The van der Waals surface area contributed by atoms with Crippen LogP contribution in [0.2, 0.25) is 0 Å². The first-order valence-electron chi connectivity index (χ1n) is 11.7. The monoisotopic (exact) mass is 551 g/mol. The van der Waals surface area contributed by atoms with E-state index in [1.807, 2.05) is 11.9 Å². The highest BCUT2D eigenvalue weighted by atomic mass is 32.2. The molecule has 1 fully saturated rings. The highest BCUT2D eigenvalue weighted by molar-refractivity contribution is 7.90. The van der Waals surface area contributed by atoms with Crippen LogP contribution in [0.4, 0.5) is 0 Å². The van der Waals surface area contributed by atoms with Gasteiger partial charge in [0.1, 0.15) is 10.9 Å². The van der Waals surface area contributed by atoms with Gasteiger partial charge in [0.2, 0.25) is 0 Å². The van der Waals surface area contributed by atoms with E-state index < -0.39 is 37.9 Å². The van der Waals surface area contributed by atoms with Gasteiger partial charge in [-0.25, -0.2) is 31.6 Å². The van der Waals surface area contributed by atoms with Gasteiger partial charge in [-0.2, -0.15) is 0 Å². The van der Waals surface area contributed by atoms with E-state index in [1.165, 1.54) is 30.3 Å². The van der Waals surface area contributed by atoms with Gasteiger partial charge in [-0.1, -0.05) is 30.3 Å². The molecule has 2 aliphatic rings. The first kappa shape index (κ1) is 27.2. The summed E-state index contributed by atoms with van der Waals surface area (Å²) in [6, 6.07) is 12.1. The number of benzene rings is 2. The Kier molecular flexibility index (Phi) is 7.96. The summed E-state index contributed by atoms with van der Waals surface area (Å²) in [5.74, 6) is -1.64. The number of piperazine rings is 1. The normalized spacial score (nSPS) is 19.1. The van der Waals surface area contributed by atoms with Gasteiger partial charge < -0.3 is 4.90 Å². The number of hydroxylamine groups is 1. The molecule has 37 heavy (non-hydrogen) atoms. The first-order chi connectivity index (χ1) is 17.6. The Labute approximate surface area is 216 Å². The highest BCUT2D eigenvalue weighted by Crippen LogP contribution is 2.31. The third-order valence-corrected chi connectivity index (χ3v) is 10.2. The van der Waals surface area contributed by atoms with E-state index >= 15 is 0 Å². The zero-order valence-electron chi connectivity index (χ0n) is 20.2. The van der Waals surface area contributed by atoms with Crippen molar-refractivity contribution in [3.05, 3.63) is 60.2 Å². The predicted molar refractivity (Wildman–Crippen MR) is 132 cm³/mol. The molecule has 2 aromatic carbocycles. The second-order valence-corrected chi connectivity index (χ2v) is 12.5. The number of nitrogens with one attached hydrogen (secondary N) is 1. The molecule has 12 nitrogen and oxygen atoms in total. The number of carbonyl (C=O) groups is 2. The number of amides is 2. The maximum Gasteiger partial charge on any atom is 0.269 e. The fraction of sp³-hybridized carbons (Fsp3) is 0.391. The smallest absolute Gasteiger partial charge is 0.269 e. The topological polar surface area (TPSA) is 148 Å². The fourth-order valence-corrected chi connectivity index (χ4v) is 7.83. The molecule has 2 aliphatic heterocycles. The van der Waals surface area contributed by atoms with Crippen molar-refractivity contribution < 1.29 is 31.6 Å². The SMILES string of the molecule is CN1CCN(N([C@H](CCCN2C(=O)c3ccccc3S2(=O)=O)C(=O)NO)S(=O)(=O)c2ccccc2)CC1. The molecule has 2 aromatic rings. The second kappa shape index (κ2) is 10.8. The summed E-state index contributed by atoms with van der Waals surface area (Å²) in [7, 11) is -6.38. The van der Waals surface area contributed by atoms with Gasteiger partial charge in [0, 0.05) is 32.7 Å². The van der Waals surface area contributed by atoms with Gasteiger partial charge in [0.15, 0.2) is 0 Å². The number of fused-ring (bicyclic) bond motifs is 1. The zero-order valence-corrected chi connectivity index (χ0v) is 21.9. The summed E-state index contributed by atoms with van der Waals surface area (Å²) in [6.07, 6.45) is -0.175. The van der Waals surface area contributed by atoms with Crippen molar-refractivity contribution in [3.8, 4) is 0 Å². The summed E-state index contributed by atoms with van der Waals surface area (Å²) in [5.41, 5.74) is 1.62. The average molecular weight is 552 g/mol. The minimum absolute atomic E-state index is 0.0222. The van der Waals surface area contributed by atoms with E-state index in [2.05, 4.69) is 0 Å². The molecule has 2 N–H and O–H groups in total. The van der Waals surface area contributed by atoms with Crippen molar-refractivity contribution >= 4 is 31.9 Å². The fourth-order valence-electron chi connectivity index (χ4n) is 4.51. The van der Waals surface area contributed by atoms with Crippen LogP contribution >= 0.6 is 0 Å². The number of nitrogens with zero attached hydrogens (tertiary/aromatic N) is 4. The van der Waals surface area contributed by atoms with E-state index in [9.17, 15) is 31.6 Å². The van der Waals surface area contributed by atoms with Crippen molar-refractivity contribution in [1.29, 1.82) is 0 Å². The van der Waals surface area contributed by atoms with Crippen LogP contribution in [-0.4, -0.2) is 98.3 Å². The molecule has 0 saturated carbocycles. The van der Waals surface area contributed by atoms with Crippen LogP contribution in [0.1, 0.15) is 23.2 Å². The summed E-state index contributed by atoms with van der Waals surface area (Å²) in [6.45, 7) is 1.46. The number of hydrazine groups is 1. The number of likely N-dealkylation sites (N-methyl/N-ethyl adjacent to an activating group) is 1. The van der Waals surface area contributed by atoms with Crippen LogP contribution in [0.5, 0.6) is 0 Å². The Bertz CT molecular complexity index is 1360. The number of hydrogen-bond donors (Lipinski definition) is 2. The van der Waals surface area contributed by atoms with Crippen molar-refractivity contribution in [2.24, 2.45) is 0 Å². The molecule has 0 aliphatic carbocycles. The Balaban J connectivity index is 1.61. The number of sulfonamides is 2. The van der Waals surface area contributed by atoms with Gasteiger partial charge in [-0.05, 0) is 44.2 Å². The molecule has 0 spiro atoms. The van der Waals surface area contributed by atoms with Crippen molar-refractivity contribution in [2.75, 3.05) is 39.8 Å². The minimum atomic E-state index is -4.23. The summed E-state index contributed by atoms with van der Waals surface area (Å²) >= 11 is 0. The molecule has 1 saturated heterocycles. The Morgan fingerprint density at radius 1 is 1.05 bits per heavy atom. The van der Waals surface area contributed by atoms with Crippen LogP contribution in [0.15, 0.2) is 64.4 Å². The molecule has 4 rings (SSSR count). The van der Waals surface area contributed by atoms with E-state index in [0.717, 1.165) is 8.72 Å². The Morgan fingerprint density at radius 3 is 2.30 bits per heavy atom. The van der Waals surface area contributed by atoms with Gasteiger partial charge in [0.25, 0.3) is 31.9 Å². The minimum Gasteiger partial charge on any atom is -0.304 e. The van der Waals surface area contributed by atoms with Crippen LogP contribution in [-0.2, 0) is 24.8 Å². The molecule has 0 unspecified atom stereocenters. The average Bonchev–Trinajstić information content (AvgIpc) is 3.09. The number of hydrogen-bond acceptors (Lipinski definition) is 9. The lowest BCUT2D eigenvalue weighted by atomic mass is 10.1. The maximum absolute atomic E-state index is 13.7. The molecular weight excluding hydrogens is 522 g/mol. The third kappa shape index (κ3) is 5.26. The van der Waals surface area contributed by atoms with Gasteiger partial charge >= 0.3 is 0 Å². The molecule has 1 atom stereocenters. The summed E-state index contributed by atoms with van der Waals surface area (Å²) < 4.78 is 55.0. The molecule has 200 valence electrons. The van der Waals surface area contributed by atoms with Gasteiger partial charge in [-0.3, -0.25) is 14.8 Å². The Hall–Kier alpha value is -2.88. The van der Waals surface area contributed by atoms with Crippen LogP contribution < -0.4 is 5.48 Å².